The molecule has 2 rings (SSSR count). The Morgan fingerprint density at radius 3 is 2.68 bits per heavy atom. The zero-order chi connectivity index (χ0) is 13.8. The van der Waals surface area contributed by atoms with Crippen LogP contribution >= 0.6 is 0 Å². The molecule has 5 heteroatoms. The molecule has 2 aromatic carbocycles. The maximum absolute atomic E-state index is 13.4. The van der Waals surface area contributed by atoms with Crippen molar-refractivity contribution < 1.29 is 9.31 Å². The average Bonchev–Trinajstić information content (AvgIpc) is 2.40. The molecule has 0 aromatic heterocycles. The van der Waals surface area contributed by atoms with Crippen molar-refractivity contribution in [2.75, 3.05) is 5.32 Å². The van der Waals surface area contributed by atoms with Gasteiger partial charge in [-0.1, -0.05) is 24.3 Å². The van der Waals surface area contributed by atoms with Crippen molar-refractivity contribution in [1.82, 2.24) is 0 Å². The van der Waals surface area contributed by atoms with Crippen molar-refractivity contribution >= 4 is 11.4 Å². The highest BCUT2D eigenvalue weighted by Gasteiger charge is 2.12. The van der Waals surface area contributed by atoms with E-state index in [4.69, 9.17) is 0 Å². The number of benzene rings is 2. The standard InChI is InChI=1S/C14H13FN2O2/c1-10-12(15)6-4-7-13(10)16-9-11-5-2-3-8-14(11)17(18)19/h2-8,16H,9H2,1H3. The molecular formula is C14H13FN2O2. The summed E-state index contributed by atoms with van der Waals surface area (Å²) < 4.78 is 13.4. The summed E-state index contributed by atoms with van der Waals surface area (Å²) >= 11 is 0. The van der Waals surface area contributed by atoms with Crippen LogP contribution in [0.3, 0.4) is 0 Å². The highest BCUT2D eigenvalue weighted by atomic mass is 19.1. The number of halogens is 1. The second-order valence-corrected chi connectivity index (χ2v) is 4.15. The minimum absolute atomic E-state index is 0.0593. The first-order chi connectivity index (χ1) is 9.09. The van der Waals surface area contributed by atoms with Crippen molar-refractivity contribution in [3.63, 3.8) is 0 Å². The molecule has 4 nitrogen and oxygen atoms in total. The van der Waals surface area contributed by atoms with Gasteiger partial charge >= 0.3 is 0 Å². The van der Waals surface area contributed by atoms with Gasteiger partial charge in [0.05, 0.1) is 4.92 Å². The Kier molecular flexibility index (Phi) is 3.75. The number of nitro groups is 1. The van der Waals surface area contributed by atoms with Gasteiger partial charge in [-0.25, -0.2) is 4.39 Å². The summed E-state index contributed by atoms with van der Waals surface area (Å²) in [7, 11) is 0. The van der Waals surface area contributed by atoms with Gasteiger partial charge in [-0.2, -0.15) is 0 Å². The molecule has 0 aliphatic heterocycles. The molecule has 0 saturated heterocycles. The monoisotopic (exact) mass is 260 g/mol. The van der Waals surface area contributed by atoms with Crippen LogP contribution in [0.4, 0.5) is 15.8 Å². The van der Waals surface area contributed by atoms with Crippen LogP contribution in [0.2, 0.25) is 0 Å². The number of hydrogen-bond acceptors (Lipinski definition) is 3. The molecular weight excluding hydrogens is 247 g/mol. The number of para-hydroxylation sites is 1. The fourth-order valence-electron chi connectivity index (χ4n) is 1.83. The predicted molar refractivity (Wildman–Crippen MR) is 71.6 cm³/mol. The van der Waals surface area contributed by atoms with Crippen molar-refractivity contribution in [1.29, 1.82) is 0 Å². The largest absolute Gasteiger partial charge is 0.380 e. The molecule has 0 unspecified atom stereocenters. The summed E-state index contributed by atoms with van der Waals surface area (Å²) in [6, 6.07) is 11.2. The Hall–Kier alpha value is -2.43. The molecule has 0 amide bonds. The zero-order valence-corrected chi connectivity index (χ0v) is 10.4. The van der Waals surface area contributed by atoms with Gasteiger partial charge in [0, 0.05) is 29.4 Å². The summed E-state index contributed by atoms with van der Waals surface area (Å²) in [5.41, 5.74) is 1.76. The second kappa shape index (κ2) is 5.48. The highest BCUT2D eigenvalue weighted by molar-refractivity contribution is 5.52. The van der Waals surface area contributed by atoms with E-state index in [1.165, 1.54) is 12.1 Å². The molecule has 0 aliphatic carbocycles. The first kappa shape index (κ1) is 13.0. The quantitative estimate of drug-likeness (QED) is 0.674. The molecule has 0 saturated carbocycles. The minimum Gasteiger partial charge on any atom is -0.380 e. The molecule has 98 valence electrons. The van der Waals surface area contributed by atoms with Gasteiger partial charge in [0.1, 0.15) is 5.82 Å². The minimum atomic E-state index is -0.421. The van der Waals surface area contributed by atoms with Gasteiger partial charge in [-0.15, -0.1) is 0 Å². The lowest BCUT2D eigenvalue weighted by Gasteiger charge is -2.10. The number of hydrogen-bond donors (Lipinski definition) is 1. The van der Waals surface area contributed by atoms with Crippen LogP contribution in [0.25, 0.3) is 0 Å². The molecule has 0 spiro atoms. The van der Waals surface area contributed by atoms with Crippen LogP contribution in [-0.2, 0) is 6.54 Å². The molecule has 19 heavy (non-hydrogen) atoms. The Bertz CT molecular complexity index is 614. The summed E-state index contributed by atoms with van der Waals surface area (Å²) in [5.74, 6) is -0.299. The van der Waals surface area contributed by atoms with E-state index in [-0.39, 0.29) is 18.0 Å². The van der Waals surface area contributed by atoms with Crippen LogP contribution in [0.15, 0.2) is 42.5 Å². The van der Waals surface area contributed by atoms with Gasteiger partial charge in [0.25, 0.3) is 5.69 Å². The molecule has 0 aliphatic rings. The van der Waals surface area contributed by atoms with E-state index < -0.39 is 4.92 Å². The number of nitro benzene ring substituents is 1. The molecule has 0 radical (unpaired) electrons. The number of nitrogens with zero attached hydrogens (tertiary/aromatic N) is 1. The van der Waals surface area contributed by atoms with E-state index in [1.807, 2.05) is 0 Å². The van der Waals surface area contributed by atoms with Crippen molar-refractivity contribution in [2.45, 2.75) is 13.5 Å². The highest BCUT2D eigenvalue weighted by Crippen LogP contribution is 2.21. The third-order valence-corrected chi connectivity index (χ3v) is 2.93. The van der Waals surface area contributed by atoms with Gasteiger partial charge < -0.3 is 5.32 Å². The van der Waals surface area contributed by atoms with Crippen LogP contribution in [-0.4, -0.2) is 4.92 Å². The third-order valence-electron chi connectivity index (χ3n) is 2.93. The van der Waals surface area contributed by atoms with Gasteiger partial charge in [0.2, 0.25) is 0 Å². The maximum atomic E-state index is 13.4. The van der Waals surface area contributed by atoms with E-state index in [0.717, 1.165) is 0 Å². The zero-order valence-electron chi connectivity index (χ0n) is 10.4. The number of rotatable bonds is 4. The van der Waals surface area contributed by atoms with E-state index in [1.54, 1.807) is 37.3 Å². The molecule has 0 fully saturated rings. The van der Waals surface area contributed by atoms with Crippen LogP contribution in [0.5, 0.6) is 0 Å². The lowest BCUT2D eigenvalue weighted by molar-refractivity contribution is -0.385. The first-order valence-electron chi connectivity index (χ1n) is 5.81. The summed E-state index contributed by atoms with van der Waals surface area (Å²) in [6.07, 6.45) is 0. The van der Waals surface area contributed by atoms with E-state index in [2.05, 4.69) is 5.32 Å². The Morgan fingerprint density at radius 1 is 1.21 bits per heavy atom. The SMILES string of the molecule is Cc1c(F)cccc1NCc1ccccc1[N+](=O)[O-]. The van der Waals surface area contributed by atoms with Crippen LogP contribution in [0.1, 0.15) is 11.1 Å². The normalized spacial score (nSPS) is 10.2. The fraction of sp³-hybridized carbons (Fsp3) is 0.143. The lowest BCUT2D eigenvalue weighted by atomic mass is 10.1. The Balaban J connectivity index is 2.19. The van der Waals surface area contributed by atoms with Crippen LogP contribution in [0, 0.1) is 22.9 Å². The molecule has 0 heterocycles. The lowest BCUT2D eigenvalue weighted by Crippen LogP contribution is -2.04. The Morgan fingerprint density at radius 2 is 1.95 bits per heavy atom. The van der Waals surface area contributed by atoms with E-state index >= 15 is 0 Å². The van der Waals surface area contributed by atoms with Crippen molar-refractivity contribution in [3.05, 3.63) is 69.5 Å². The third kappa shape index (κ3) is 2.88. The van der Waals surface area contributed by atoms with Gasteiger partial charge in [-0.3, -0.25) is 10.1 Å². The topological polar surface area (TPSA) is 55.2 Å². The van der Waals surface area contributed by atoms with E-state index in [0.29, 0.717) is 16.8 Å². The summed E-state index contributed by atoms with van der Waals surface area (Å²) in [4.78, 5) is 10.5. The van der Waals surface area contributed by atoms with Crippen molar-refractivity contribution in [2.24, 2.45) is 0 Å². The van der Waals surface area contributed by atoms with Crippen LogP contribution < -0.4 is 5.32 Å². The number of nitrogens with one attached hydrogen (secondary N) is 1. The second-order valence-electron chi connectivity index (χ2n) is 4.15. The summed E-state index contributed by atoms with van der Waals surface area (Å²) in [6.45, 7) is 1.94. The van der Waals surface area contributed by atoms with E-state index in [9.17, 15) is 14.5 Å². The van der Waals surface area contributed by atoms with Gasteiger partial charge in [-0.05, 0) is 19.1 Å². The van der Waals surface area contributed by atoms with Crippen molar-refractivity contribution in [3.8, 4) is 0 Å². The summed E-state index contributed by atoms with van der Waals surface area (Å²) in [5, 5.41) is 13.9. The smallest absolute Gasteiger partial charge is 0.274 e. The Labute approximate surface area is 110 Å². The predicted octanol–water partition coefficient (Wildman–Crippen LogP) is 3.65. The van der Waals surface area contributed by atoms with Gasteiger partial charge in [0.15, 0.2) is 0 Å². The average molecular weight is 260 g/mol. The first-order valence-corrected chi connectivity index (χ1v) is 5.81. The molecule has 1 N–H and O–H groups in total. The maximum Gasteiger partial charge on any atom is 0.274 e. The molecule has 0 bridgehead atoms. The fourth-order valence-corrected chi connectivity index (χ4v) is 1.83. The molecule has 2 aromatic rings. The number of anilines is 1. The molecule has 0 atom stereocenters.